The number of fused-ring (bicyclic) bond motifs is 4. The van der Waals surface area contributed by atoms with Crippen LogP contribution in [0.15, 0.2) is 65.6 Å². The fourth-order valence-electron chi connectivity index (χ4n) is 3.43. The summed E-state index contributed by atoms with van der Waals surface area (Å²) in [5.41, 5.74) is 4.31. The van der Waals surface area contributed by atoms with Crippen molar-refractivity contribution in [3.8, 4) is 0 Å². The second-order valence-corrected chi connectivity index (χ2v) is 6.94. The van der Waals surface area contributed by atoms with Crippen molar-refractivity contribution in [2.24, 2.45) is 0 Å². The Labute approximate surface area is 160 Å². The first-order valence-electron chi connectivity index (χ1n) is 8.90. The summed E-state index contributed by atoms with van der Waals surface area (Å²) in [7, 11) is 0. The SMILES string of the molecule is Clc1ccc2oc3c(NCCCn4ccnc4)c4ccccc4nc3c2c1. The molecule has 3 heterocycles. The maximum atomic E-state index is 6.19. The standard InChI is InChI=1S/C21H17ClN4O/c22-14-6-7-18-16(12-14)20-21(27-18)19(15-4-1-2-5-17(15)25-20)24-8-3-10-26-11-9-23-13-26/h1-2,4-7,9,11-13H,3,8,10H2,(H,24,25). The number of aryl methyl sites for hydroxylation is 1. The lowest BCUT2D eigenvalue weighted by atomic mass is 10.1. The van der Waals surface area contributed by atoms with Crippen molar-refractivity contribution in [2.75, 3.05) is 11.9 Å². The Morgan fingerprint density at radius 2 is 2.04 bits per heavy atom. The number of nitrogens with zero attached hydrogens (tertiary/aromatic N) is 3. The molecule has 0 unspecified atom stereocenters. The normalized spacial score (nSPS) is 11.6. The third-order valence-electron chi connectivity index (χ3n) is 4.71. The van der Waals surface area contributed by atoms with E-state index in [-0.39, 0.29) is 0 Å². The molecule has 0 radical (unpaired) electrons. The first-order valence-corrected chi connectivity index (χ1v) is 9.27. The van der Waals surface area contributed by atoms with Crippen LogP contribution >= 0.6 is 11.6 Å². The van der Waals surface area contributed by atoms with Crippen LogP contribution in [-0.2, 0) is 6.54 Å². The fraction of sp³-hybridized carbons (Fsp3) is 0.143. The average Bonchev–Trinajstić information content (AvgIpc) is 3.32. The van der Waals surface area contributed by atoms with E-state index in [1.165, 1.54) is 0 Å². The Morgan fingerprint density at radius 1 is 1.11 bits per heavy atom. The van der Waals surface area contributed by atoms with Crippen molar-refractivity contribution in [2.45, 2.75) is 13.0 Å². The van der Waals surface area contributed by atoms with Crippen molar-refractivity contribution in [1.29, 1.82) is 0 Å². The summed E-state index contributed by atoms with van der Waals surface area (Å²) in [5.74, 6) is 0. The average molecular weight is 377 g/mol. The van der Waals surface area contributed by atoms with E-state index in [4.69, 9.17) is 21.0 Å². The highest BCUT2D eigenvalue weighted by Gasteiger charge is 2.16. The summed E-state index contributed by atoms with van der Waals surface area (Å²) in [4.78, 5) is 8.91. The van der Waals surface area contributed by atoms with E-state index in [1.54, 1.807) is 6.20 Å². The van der Waals surface area contributed by atoms with Crippen molar-refractivity contribution in [3.63, 3.8) is 0 Å². The lowest BCUT2D eigenvalue weighted by Crippen LogP contribution is -2.06. The van der Waals surface area contributed by atoms with Crippen molar-refractivity contribution >= 4 is 50.3 Å². The molecule has 0 amide bonds. The van der Waals surface area contributed by atoms with Gasteiger partial charge in [0.25, 0.3) is 0 Å². The molecule has 0 aliphatic rings. The molecule has 0 fully saturated rings. The van der Waals surface area contributed by atoms with Gasteiger partial charge in [0, 0.05) is 41.3 Å². The Balaban J connectivity index is 1.58. The van der Waals surface area contributed by atoms with Gasteiger partial charge in [-0.1, -0.05) is 29.8 Å². The number of imidazole rings is 1. The summed E-state index contributed by atoms with van der Waals surface area (Å²) >= 11 is 6.19. The number of anilines is 1. The Hall–Kier alpha value is -3.05. The molecule has 6 heteroatoms. The van der Waals surface area contributed by atoms with E-state index in [0.29, 0.717) is 5.02 Å². The Morgan fingerprint density at radius 3 is 2.93 bits per heavy atom. The monoisotopic (exact) mass is 376 g/mol. The van der Waals surface area contributed by atoms with Crippen molar-refractivity contribution in [1.82, 2.24) is 14.5 Å². The third-order valence-corrected chi connectivity index (χ3v) is 4.95. The molecule has 0 aliphatic carbocycles. The number of benzene rings is 2. The van der Waals surface area contributed by atoms with E-state index < -0.39 is 0 Å². The molecular formula is C21H17ClN4O. The molecule has 134 valence electrons. The van der Waals surface area contributed by atoms with Crippen LogP contribution in [0.3, 0.4) is 0 Å². The van der Waals surface area contributed by atoms with Crippen LogP contribution in [0.25, 0.3) is 33.0 Å². The molecule has 27 heavy (non-hydrogen) atoms. The summed E-state index contributed by atoms with van der Waals surface area (Å²) in [6.07, 6.45) is 6.58. The lowest BCUT2D eigenvalue weighted by molar-refractivity contribution is 0.656. The zero-order chi connectivity index (χ0) is 18.2. The van der Waals surface area contributed by atoms with Crippen LogP contribution in [0.2, 0.25) is 5.02 Å². The predicted octanol–water partition coefficient (Wildman–Crippen LogP) is 5.49. The third kappa shape index (κ3) is 2.90. The number of hydrogen-bond donors (Lipinski definition) is 1. The zero-order valence-electron chi connectivity index (χ0n) is 14.5. The second-order valence-electron chi connectivity index (χ2n) is 6.51. The molecule has 2 aromatic carbocycles. The summed E-state index contributed by atoms with van der Waals surface area (Å²) in [6.45, 7) is 1.73. The predicted molar refractivity (Wildman–Crippen MR) is 109 cm³/mol. The van der Waals surface area contributed by atoms with Crippen LogP contribution in [0.1, 0.15) is 6.42 Å². The highest BCUT2D eigenvalue weighted by Crippen LogP contribution is 2.37. The topological polar surface area (TPSA) is 55.9 Å². The van der Waals surface area contributed by atoms with Crippen LogP contribution in [0.4, 0.5) is 5.69 Å². The fourth-order valence-corrected chi connectivity index (χ4v) is 3.60. The van der Waals surface area contributed by atoms with Crippen LogP contribution in [-0.4, -0.2) is 21.1 Å². The number of para-hydroxylation sites is 1. The van der Waals surface area contributed by atoms with Gasteiger partial charge in [0.05, 0.1) is 17.5 Å². The zero-order valence-corrected chi connectivity index (χ0v) is 15.3. The summed E-state index contributed by atoms with van der Waals surface area (Å²) in [5, 5.41) is 6.23. The first kappa shape index (κ1) is 16.1. The molecule has 0 saturated carbocycles. The molecule has 0 aliphatic heterocycles. The van der Waals surface area contributed by atoms with E-state index in [2.05, 4.69) is 20.9 Å². The second kappa shape index (κ2) is 6.59. The Kier molecular flexibility index (Phi) is 3.94. The smallest absolute Gasteiger partial charge is 0.177 e. The van der Waals surface area contributed by atoms with Crippen LogP contribution in [0, 0.1) is 0 Å². The molecule has 1 N–H and O–H groups in total. The molecule has 5 aromatic rings. The molecule has 0 saturated heterocycles. The van der Waals surface area contributed by atoms with Gasteiger partial charge in [-0.2, -0.15) is 0 Å². The number of nitrogens with one attached hydrogen (secondary N) is 1. The van der Waals surface area contributed by atoms with E-state index in [1.807, 2.05) is 48.9 Å². The highest BCUT2D eigenvalue weighted by molar-refractivity contribution is 6.31. The van der Waals surface area contributed by atoms with Gasteiger partial charge in [0.15, 0.2) is 5.58 Å². The largest absolute Gasteiger partial charge is 0.452 e. The minimum Gasteiger partial charge on any atom is -0.452 e. The van der Waals surface area contributed by atoms with Gasteiger partial charge < -0.3 is 14.3 Å². The maximum absolute atomic E-state index is 6.19. The number of pyridine rings is 1. The van der Waals surface area contributed by atoms with Gasteiger partial charge in [-0.25, -0.2) is 9.97 Å². The highest BCUT2D eigenvalue weighted by atomic mass is 35.5. The van der Waals surface area contributed by atoms with Crippen LogP contribution < -0.4 is 5.32 Å². The van der Waals surface area contributed by atoms with Crippen LogP contribution in [0.5, 0.6) is 0 Å². The molecule has 5 rings (SSSR count). The maximum Gasteiger partial charge on any atom is 0.177 e. The van der Waals surface area contributed by atoms with Gasteiger partial charge >= 0.3 is 0 Å². The number of halogens is 1. The number of hydrogen-bond acceptors (Lipinski definition) is 4. The molecular weight excluding hydrogens is 360 g/mol. The number of furan rings is 1. The molecule has 5 nitrogen and oxygen atoms in total. The van der Waals surface area contributed by atoms with Gasteiger partial charge in [0.1, 0.15) is 11.1 Å². The van der Waals surface area contributed by atoms with Gasteiger partial charge in [-0.05, 0) is 30.7 Å². The first-order chi connectivity index (χ1) is 13.3. The van der Waals surface area contributed by atoms with E-state index in [9.17, 15) is 0 Å². The van der Waals surface area contributed by atoms with Crippen molar-refractivity contribution < 1.29 is 4.42 Å². The minimum atomic E-state index is 0.676. The minimum absolute atomic E-state index is 0.676. The molecule has 0 spiro atoms. The Bertz CT molecular complexity index is 1240. The van der Waals surface area contributed by atoms with Gasteiger partial charge in [-0.3, -0.25) is 0 Å². The molecule has 0 atom stereocenters. The van der Waals surface area contributed by atoms with Gasteiger partial charge in [0.2, 0.25) is 0 Å². The quantitative estimate of drug-likeness (QED) is 0.412. The van der Waals surface area contributed by atoms with E-state index >= 15 is 0 Å². The number of aromatic nitrogens is 3. The summed E-state index contributed by atoms with van der Waals surface area (Å²) in [6, 6.07) is 13.8. The molecule has 0 bridgehead atoms. The van der Waals surface area contributed by atoms with E-state index in [0.717, 1.165) is 58.2 Å². The lowest BCUT2D eigenvalue weighted by Gasteiger charge is -2.10. The summed E-state index contributed by atoms with van der Waals surface area (Å²) < 4.78 is 8.23. The van der Waals surface area contributed by atoms with Gasteiger partial charge in [-0.15, -0.1) is 0 Å². The number of rotatable bonds is 5. The molecule has 3 aromatic heterocycles. The van der Waals surface area contributed by atoms with Crippen molar-refractivity contribution in [3.05, 3.63) is 66.2 Å².